The number of unbranched alkanes of at least 4 members (excludes halogenated alkanes) is 3. The fourth-order valence-electron chi connectivity index (χ4n) is 3.98. The largest absolute Gasteiger partial charge is 0.508 e. The van der Waals surface area contributed by atoms with Gasteiger partial charge in [-0.2, -0.15) is 0 Å². The molecule has 0 aromatic heterocycles. The van der Waals surface area contributed by atoms with Crippen LogP contribution < -0.4 is 0 Å². The van der Waals surface area contributed by atoms with E-state index in [4.69, 9.17) is 0 Å². The molecule has 146 valence electrons. The first-order valence-electron chi connectivity index (χ1n) is 9.91. The Bertz CT molecular complexity index is 757. The molecule has 0 spiro atoms. The van der Waals surface area contributed by atoms with Crippen molar-refractivity contribution in [3.63, 3.8) is 0 Å². The van der Waals surface area contributed by atoms with E-state index in [2.05, 4.69) is 6.92 Å². The Kier molecular flexibility index (Phi) is 6.35. The van der Waals surface area contributed by atoms with E-state index in [-0.39, 0.29) is 17.3 Å². The van der Waals surface area contributed by atoms with Gasteiger partial charge in [0.05, 0.1) is 0 Å². The second-order valence-corrected chi connectivity index (χ2v) is 7.32. The highest BCUT2D eigenvalue weighted by atomic mass is 19.1. The summed E-state index contributed by atoms with van der Waals surface area (Å²) in [5.41, 5.74) is 2.60. The van der Waals surface area contributed by atoms with Crippen LogP contribution in [-0.2, 0) is 5.41 Å². The fraction of sp³-hybridized carbons (Fsp3) is 0.280. The number of hydrogen-bond donors (Lipinski definition) is 2. The van der Waals surface area contributed by atoms with Crippen LogP contribution in [0.4, 0.5) is 4.39 Å². The first-order chi connectivity index (χ1) is 13.6. The lowest BCUT2D eigenvalue weighted by molar-refractivity contribution is 0.470. The Morgan fingerprint density at radius 2 is 1.07 bits per heavy atom. The molecule has 3 aromatic carbocycles. The van der Waals surface area contributed by atoms with E-state index in [9.17, 15) is 14.6 Å². The molecule has 0 fully saturated rings. The van der Waals surface area contributed by atoms with Crippen molar-refractivity contribution < 1.29 is 14.6 Å². The van der Waals surface area contributed by atoms with Crippen LogP contribution in [0.2, 0.25) is 0 Å². The Balaban J connectivity index is 2.18. The van der Waals surface area contributed by atoms with E-state index < -0.39 is 5.41 Å². The molecule has 0 bridgehead atoms. The molecule has 2 N–H and O–H groups in total. The zero-order valence-corrected chi connectivity index (χ0v) is 16.2. The number of benzene rings is 3. The van der Waals surface area contributed by atoms with Crippen LogP contribution in [0.5, 0.6) is 11.5 Å². The third kappa shape index (κ3) is 4.19. The van der Waals surface area contributed by atoms with E-state index in [0.717, 1.165) is 42.4 Å². The van der Waals surface area contributed by atoms with Gasteiger partial charge in [0.25, 0.3) is 0 Å². The molecular weight excluding hydrogens is 351 g/mol. The first-order valence-corrected chi connectivity index (χ1v) is 9.91. The highest BCUT2D eigenvalue weighted by molar-refractivity contribution is 5.52. The van der Waals surface area contributed by atoms with Crippen LogP contribution in [0.25, 0.3) is 0 Å². The zero-order chi connectivity index (χ0) is 20.0. The summed E-state index contributed by atoms with van der Waals surface area (Å²) < 4.78 is 13.7. The van der Waals surface area contributed by atoms with Crippen molar-refractivity contribution in [2.75, 3.05) is 0 Å². The predicted molar refractivity (Wildman–Crippen MR) is 111 cm³/mol. The van der Waals surface area contributed by atoms with E-state index in [1.54, 1.807) is 24.3 Å². The number of halogens is 1. The highest BCUT2D eigenvalue weighted by Gasteiger charge is 2.36. The molecule has 0 amide bonds. The summed E-state index contributed by atoms with van der Waals surface area (Å²) in [4.78, 5) is 0. The normalized spacial score (nSPS) is 11.5. The lowest BCUT2D eigenvalue weighted by Gasteiger charge is -2.36. The van der Waals surface area contributed by atoms with Crippen LogP contribution >= 0.6 is 0 Å². The summed E-state index contributed by atoms with van der Waals surface area (Å²) in [5.74, 6) is 0.168. The standard InChI is InChI=1S/C25H27FO2/c1-2-3-4-5-18-25(19-6-12-22(26)13-7-19,20-8-14-23(27)15-9-20)21-10-16-24(28)17-11-21/h6-17,27-28H,2-5,18H2,1H3. The van der Waals surface area contributed by atoms with Crippen LogP contribution in [0.1, 0.15) is 55.7 Å². The quantitative estimate of drug-likeness (QED) is 0.345. The van der Waals surface area contributed by atoms with E-state index in [1.807, 2.05) is 36.4 Å². The molecule has 0 heterocycles. The van der Waals surface area contributed by atoms with Gasteiger partial charge in [-0.3, -0.25) is 0 Å². The van der Waals surface area contributed by atoms with Gasteiger partial charge in [-0.25, -0.2) is 4.39 Å². The Morgan fingerprint density at radius 1 is 0.643 bits per heavy atom. The molecule has 28 heavy (non-hydrogen) atoms. The molecule has 0 atom stereocenters. The summed E-state index contributed by atoms with van der Waals surface area (Å²) in [7, 11) is 0. The van der Waals surface area contributed by atoms with Gasteiger partial charge >= 0.3 is 0 Å². The first kappa shape index (κ1) is 19.9. The molecule has 0 aliphatic carbocycles. The topological polar surface area (TPSA) is 40.5 Å². The number of aromatic hydroxyl groups is 2. The molecule has 3 aromatic rings. The lowest BCUT2D eigenvalue weighted by atomic mass is 9.66. The molecular formula is C25H27FO2. The van der Waals surface area contributed by atoms with Gasteiger partial charge in [0.1, 0.15) is 17.3 Å². The monoisotopic (exact) mass is 378 g/mol. The summed E-state index contributed by atoms with van der Waals surface area (Å²) in [5, 5.41) is 19.6. The fourth-order valence-corrected chi connectivity index (χ4v) is 3.98. The van der Waals surface area contributed by atoms with Gasteiger partial charge in [0, 0.05) is 5.41 Å². The van der Waals surface area contributed by atoms with Gasteiger partial charge in [-0.1, -0.05) is 69.0 Å². The maximum absolute atomic E-state index is 13.7. The second kappa shape index (κ2) is 8.92. The van der Waals surface area contributed by atoms with E-state index in [0.29, 0.717) is 0 Å². The average molecular weight is 378 g/mol. The molecule has 2 nitrogen and oxygen atoms in total. The summed E-state index contributed by atoms with van der Waals surface area (Å²) >= 11 is 0. The highest BCUT2D eigenvalue weighted by Crippen LogP contribution is 2.44. The van der Waals surface area contributed by atoms with Gasteiger partial charge < -0.3 is 10.2 Å². The maximum atomic E-state index is 13.7. The van der Waals surface area contributed by atoms with Crippen LogP contribution in [0.3, 0.4) is 0 Å². The molecule has 3 heteroatoms. The van der Waals surface area contributed by atoms with E-state index >= 15 is 0 Å². The van der Waals surface area contributed by atoms with Crippen LogP contribution in [0.15, 0.2) is 72.8 Å². The summed E-state index contributed by atoms with van der Waals surface area (Å²) in [6, 6.07) is 21.2. The van der Waals surface area contributed by atoms with Gasteiger partial charge in [-0.15, -0.1) is 0 Å². The minimum absolute atomic E-state index is 0.216. The molecule has 0 aliphatic rings. The molecule has 0 saturated carbocycles. The number of rotatable bonds is 8. The van der Waals surface area contributed by atoms with Gasteiger partial charge in [-0.05, 0) is 59.5 Å². The van der Waals surface area contributed by atoms with Gasteiger partial charge in [0.15, 0.2) is 0 Å². The SMILES string of the molecule is CCCCCCC(c1ccc(O)cc1)(c1ccc(O)cc1)c1ccc(F)cc1. The number of phenolic OH excluding ortho intramolecular Hbond substituents is 2. The van der Waals surface area contributed by atoms with Crippen molar-refractivity contribution in [2.24, 2.45) is 0 Å². The molecule has 0 aliphatic heterocycles. The predicted octanol–water partition coefficient (Wildman–Crippen LogP) is 6.54. The molecule has 0 unspecified atom stereocenters. The number of phenols is 2. The molecule has 3 rings (SSSR count). The molecule has 0 saturated heterocycles. The third-order valence-corrected chi connectivity index (χ3v) is 5.46. The average Bonchev–Trinajstić information content (AvgIpc) is 2.71. The summed E-state index contributed by atoms with van der Waals surface area (Å²) in [6.45, 7) is 2.19. The smallest absolute Gasteiger partial charge is 0.123 e. The van der Waals surface area contributed by atoms with E-state index in [1.165, 1.54) is 18.6 Å². The van der Waals surface area contributed by atoms with Crippen LogP contribution in [0, 0.1) is 5.82 Å². The van der Waals surface area contributed by atoms with Crippen LogP contribution in [-0.4, -0.2) is 10.2 Å². The lowest BCUT2D eigenvalue weighted by Crippen LogP contribution is -2.29. The van der Waals surface area contributed by atoms with Crippen molar-refractivity contribution in [3.05, 3.63) is 95.3 Å². The minimum Gasteiger partial charge on any atom is -0.508 e. The van der Waals surface area contributed by atoms with Crippen molar-refractivity contribution in [2.45, 2.75) is 44.4 Å². The van der Waals surface area contributed by atoms with Crippen molar-refractivity contribution in [1.29, 1.82) is 0 Å². The van der Waals surface area contributed by atoms with Gasteiger partial charge in [0.2, 0.25) is 0 Å². The minimum atomic E-state index is -0.483. The number of hydrogen-bond acceptors (Lipinski definition) is 2. The summed E-state index contributed by atoms with van der Waals surface area (Å²) in [6.07, 6.45) is 5.32. The third-order valence-electron chi connectivity index (χ3n) is 5.46. The molecule has 0 radical (unpaired) electrons. The maximum Gasteiger partial charge on any atom is 0.123 e. The Morgan fingerprint density at radius 3 is 1.50 bits per heavy atom. The second-order valence-electron chi connectivity index (χ2n) is 7.32. The zero-order valence-electron chi connectivity index (χ0n) is 16.2. The van der Waals surface area contributed by atoms with Crippen molar-refractivity contribution in [1.82, 2.24) is 0 Å². The Labute approximate surface area is 166 Å². The van der Waals surface area contributed by atoms with Crippen molar-refractivity contribution >= 4 is 0 Å². The van der Waals surface area contributed by atoms with Crippen molar-refractivity contribution in [3.8, 4) is 11.5 Å². The Hall–Kier alpha value is -2.81.